The summed E-state index contributed by atoms with van der Waals surface area (Å²) < 4.78 is 28.1. The number of alkyl halides is 2. The third kappa shape index (κ3) is 4.16. The third-order valence-electron chi connectivity index (χ3n) is 3.57. The Balaban J connectivity index is 2.15. The van der Waals surface area contributed by atoms with Crippen molar-refractivity contribution in [3.63, 3.8) is 0 Å². The molecule has 2 rings (SSSR count). The second-order valence-corrected chi connectivity index (χ2v) is 6.19. The quantitative estimate of drug-likeness (QED) is 0.560. The molecule has 1 aliphatic heterocycles. The minimum Gasteiger partial charge on any atom is -0.386 e. The topological polar surface area (TPSA) is 91.5 Å². The highest BCUT2D eigenvalue weighted by molar-refractivity contribution is 9.10. The molecule has 1 fully saturated rings. The zero-order valence-electron chi connectivity index (χ0n) is 11.9. The molecule has 120 valence electrons. The molecule has 0 aliphatic carbocycles. The highest BCUT2D eigenvalue weighted by Gasteiger charge is 2.42. The first-order valence-electron chi connectivity index (χ1n) is 6.81. The van der Waals surface area contributed by atoms with Crippen LogP contribution >= 0.6 is 15.9 Å². The van der Waals surface area contributed by atoms with Crippen molar-refractivity contribution in [3.05, 3.63) is 34.3 Å². The highest BCUT2D eigenvalue weighted by atomic mass is 79.9. The SMILES string of the molecule is N=C(N)N1CCC(F)(F)CC1C(N)=NCc1cccc(Br)c1. The molecule has 1 atom stereocenters. The van der Waals surface area contributed by atoms with E-state index >= 15 is 0 Å². The maximum Gasteiger partial charge on any atom is 0.252 e. The summed E-state index contributed by atoms with van der Waals surface area (Å²) in [6, 6.07) is 6.67. The van der Waals surface area contributed by atoms with Crippen molar-refractivity contribution >= 4 is 27.7 Å². The van der Waals surface area contributed by atoms with E-state index in [9.17, 15) is 8.78 Å². The number of amidine groups is 1. The largest absolute Gasteiger partial charge is 0.386 e. The van der Waals surface area contributed by atoms with E-state index in [2.05, 4.69) is 20.9 Å². The average molecular weight is 374 g/mol. The molecule has 1 unspecified atom stereocenters. The first-order chi connectivity index (χ1) is 10.3. The lowest BCUT2D eigenvalue weighted by Gasteiger charge is -2.39. The fraction of sp³-hybridized carbons (Fsp3) is 0.429. The van der Waals surface area contributed by atoms with Crippen LogP contribution in [0.15, 0.2) is 33.7 Å². The molecule has 1 saturated heterocycles. The van der Waals surface area contributed by atoms with Crippen LogP contribution in [-0.2, 0) is 6.54 Å². The molecule has 1 aliphatic rings. The number of aliphatic imine (C=N–C) groups is 1. The van der Waals surface area contributed by atoms with Crippen LogP contribution in [-0.4, -0.2) is 35.2 Å². The molecule has 0 saturated carbocycles. The Morgan fingerprint density at radius 2 is 2.18 bits per heavy atom. The zero-order chi connectivity index (χ0) is 16.3. The van der Waals surface area contributed by atoms with E-state index in [1.165, 1.54) is 4.90 Å². The van der Waals surface area contributed by atoms with Gasteiger partial charge in [-0.25, -0.2) is 8.78 Å². The van der Waals surface area contributed by atoms with Crippen LogP contribution in [0.3, 0.4) is 0 Å². The summed E-state index contributed by atoms with van der Waals surface area (Å²) in [5, 5.41) is 7.51. The first-order valence-corrected chi connectivity index (χ1v) is 7.60. The van der Waals surface area contributed by atoms with Gasteiger partial charge in [-0.15, -0.1) is 0 Å². The van der Waals surface area contributed by atoms with Crippen molar-refractivity contribution < 1.29 is 8.78 Å². The summed E-state index contributed by atoms with van der Waals surface area (Å²) in [6.45, 7) is 0.291. The molecule has 1 heterocycles. The molecule has 5 N–H and O–H groups in total. The van der Waals surface area contributed by atoms with Gasteiger partial charge >= 0.3 is 0 Å². The Morgan fingerprint density at radius 3 is 2.82 bits per heavy atom. The second-order valence-electron chi connectivity index (χ2n) is 5.28. The summed E-state index contributed by atoms with van der Waals surface area (Å²) >= 11 is 3.36. The normalized spacial score (nSPS) is 21.7. The Hall–Kier alpha value is -1.70. The number of hydrogen-bond donors (Lipinski definition) is 3. The number of halogens is 3. The van der Waals surface area contributed by atoms with Gasteiger partial charge in [0.15, 0.2) is 5.96 Å². The van der Waals surface area contributed by atoms with E-state index in [0.717, 1.165) is 10.0 Å². The Labute approximate surface area is 136 Å². The third-order valence-corrected chi connectivity index (χ3v) is 4.06. The molecule has 1 aromatic rings. The van der Waals surface area contributed by atoms with Gasteiger partial charge in [0.1, 0.15) is 5.84 Å². The van der Waals surface area contributed by atoms with E-state index in [1.54, 1.807) is 0 Å². The molecule has 1 aromatic carbocycles. The van der Waals surface area contributed by atoms with E-state index in [-0.39, 0.29) is 24.8 Å². The number of nitrogens with one attached hydrogen (secondary N) is 1. The summed E-state index contributed by atoms with van der Waals surface area (Å²) in [7, 11) is 0. The second kappa shape index (κ2) is 6.60. The smallest absolute Gasteiger partial charge is 0.252 e. The standard InChI is InChI=1S/C14H18BrF2N5/c15-10-3-1-2-9(6-10)8-21-12(18)11-7-14(16,17)4-5-22(11)13(19)20/h1-3,6,11H,4-5,7-8H2,(H2,18,21)(H3,19,20). The monoisotopic (exact) mass is 373 g/mol. The van der Waals surface area contributed by atoms with Crippen molar-refractivity contribution in [1.29, 1.82) is 5.41 Å². The lowest BCUT2D eigenvalue weighted by Crippen LogP contribution is -2.57. The van der Waals surface area contributed by atoms with Gasteiger partial charge in [-0.1, -0.05) is 28.1 Å². The number of likely N-dealkylation sites (tertiary alicyclic amines) is 1. The number of guanidine groups is 1. The van der Waals surface area contributed by atoms with E-state index in [4.69, 9.17) is 16.9 Å². The Morgan fingerprint density at radius 1 is 1.45 bits per heavy atom. The summed E-state index contributed by atoms with van der Waals surface area (Å²) in [4.78, 5) is 5.58. The molecule has 5 nitrogen and oxygen atoms in total. The molecule has 0 aromatic heterocycles. The van der Waals surface area contributed by atoms with Crippen molar-refractivity contribution in [2.45, 2.75) is 31.4 Å². The predicted octanol–water partition coefficient (Wildman–Crippen LogP) is 2.30. The summed E-state index contributed by atoms with van der Waals surface area (Å²) in [6.07, 6.45) is -0.803. The minimum absolute atomic E-state index is 0.000104. The van der Waals surface area contributed by atoms with Gasteiger partial charge < -0.3 is 16.4 Å². The van der Waals surface area contributed by atoms with Crippen molar-refractivity contribution in [1.82, 2.24) is 4.90 Å². The van der Waals surface area contributed by atoms with Crippen LogP contribution in [0.25, 0.3) is 0 Å². The fourth-order valence-electron chi connectivity index (χ4n) is 2.41. The maximum absolute atomic E-state index is 13.6. The molecule has 0 spiro atoms. The zero-order valence-corrected chi connectivity index (χ0v) is 13.5. The van der Waals surface area contributed by atoms with Gasteiger partial charge in [-0.05, 0) is 17.7 Å². The van der Waals surface area contributed by atoms with Gasteiger partial charge in [0, 0.05) is 23.9 Å². The fourth-order valence-corrected chi connectivity index (χ4v) is 2.86. The van der Waals surface area contributed by atoms with Crippen LogP contribution < -0.4 is 11.5 Å². The molecular weight excluding hydrogens is 356 g/mol. The van der Waals surface area contributed by atoms with Crippen LogP contribution in [0.5, 0.6) is 0 Å². The van der Waals surface area contributed by atoms with Gasteiger partial charge in [0.2, 0.25) is 0 Å². The molecule has 0 bridgehead atoms. The van der Waals surface area contributed by atoms with Gasteiger partial charge in [-0.2, -0.15) is 0 Å². The molecule has 22 heavy (non-hydrogen) atoms. The number of benzene rings is 1. The number of hydrogen-bond acceptors (Lipinski definition) is 2. The van der Waals surface area contributed by atoms with Crippen molar-refractivity contribution in [2.75, 3.05) is 6.54 Å². The lowest BCUT2D eigenvalue weighted by molar-refractivity contribution is -0.0527. The average Bonchev–Trinajstić information content (AvgIpc) is 2.43. The van der Waals surface area contributed by atoms with Crippen molar-refractivity contribution in [2.24, 2.45) is 16.5 Å². The van der Waals surface area contributed by atoms with E-state index in [1.807, 2.05) is 24.3 Å². The maximum atomic E-state index is 13.6. The van der Waals surface area contributed by atoms with Crippen molar-refractivity contribution in [3.8, 4) is 0 Å². The number of nitrogens with zero attached hydrogens (tertiary/aromatic N) is 2. The van der Waals surface area contributed by atoms with Crippen LogP contribution in [0.2, 0.25) is 0 Å². The molecule has 0 radical (unpaired) electrons. The van der Waals surface area contributed by atoms with Gasteiger partial charge in [0.25, 0.3) is 5.92 Å². The number of piperidine rings is 1. The van der Waals surface area contributed by atoms with Crippen LogP contribution in [0.1, 0.15) is 18.4 Å². The molecule has 8 heteroatoms. The van der Waals surface area contributed by atoms with Gasteiger partial charge in [-0.3, -0.25) is 10.4 Å². The Bertz CT molecular complexity index is 590. The number of rotatable bonds is 3. The first kappa shape index (κ1) is 16.7. The number of nitrogens with two attached hydrogens (primary N) is 2. The Kier molecular flexibility index (Phi) is 5.00. The summed E-state index contributed by atoms with van der Waals surface area (Å²) in [5.74, 6) is -3.00. The highest BCUT2D eigenvalue weighted by Crippen LogP contribution is 2.31. The molecular formula is C14H18BrF2N5. The molecule has 0 amide bonds. The van der Waals surface area contributed by atoms with Gasteiger partial charge in [0.05, 0.1) is 12.6 Å². The van der Waals surface area contributed by atoms with E-state index in [0.29, 0.717) is 6.54 Å². The summed E-state index contributed by atoms with van der Waals surface area (Å²) in [5.41, 5.74) is 12.3. The van der Waals surface area contributed by atoms with E-state index < -0.39 is 18.4 Å². The predicted molar refractivity (Wildman–Crippen MR) is 86.1 cm³/mol. The lowest BCUT2D eigenvalue weighted by atomic mass is 9.98. The van der Waals surface area contributed by atoms with Crippen LogP contribution in [0, 0.1) is 5.41 Å². The van der Waals surface area contributed by atoms with Crippen LogP contribution in [0.4, 0.5) is 8.78 Å². The minimum atomic E-state index is -2.81.